The summed E-state index contributed by atoms with van der Waals surface area (Å²) in [6, 6.07) is 10.3. The predicted molar refractivity (Wildman–Crippen MR) is 70.7 cm³/mol. The van der Waals surface area contributed by atoms with E-state index in [1.807, 2.05) is 0 Å². The van der Waals surface area contributed by atoms with Gasteiger partial charge in [0.25, 0.3) is 5.91 Å². The summed E-state index contributed by atoms with van der Waals surface area (Å²) in [5.74, 6) is -1.44. The number of rotatable bonds is 3. The van der Waals surface area contributed by atoms with E-state index < -0.39 is 11.7 Å². The van der Waals surface area contributed by atoms with Crippen LogP contribution in [-0.2, 0) is 6.54 Å². The number of hydrogen-bond acceptors (Lipinski definition) is 2. The number of carbonyl (C=O) groups is 1. The summed E-state index contributed by atoms with van der Waals surface area (Å²) < 4.78 is 12.8. The molecule has 0 atom stereocenters. The van der Waals surface area contributed by atoms with E-state index in [9.17, 15) is 14.3 Å². The second kappa shape index (κ2) is 5.71. The van der Waals surface area contributed by atoms with Gasteiger partial charge in [0.1, 0.15) is 11.6 Å². The van der Waals surface area contributed by atoms with Crippen molar-refractivity contribution in [2.24, 2.45) is 0 Å². The first-order chi connectivity index (χ1) is 9.06. The Morgan fingerprint density at radius 3 is 2.53 bits per heavy atom. The van der Waals surface area contributed by atoms with Crippen molar-refractivity contribution >= 4 is 17.5 Å². The molecule has 0 radical (unpaired) electrons. The van der Waals surface area contributed by atoms with Crippen LogP contribution in [0.3, 0.4) is 0 Å². The molecule has 2 rings (SSSR count). The van der Waals surface area contributed by atoms with Gasteiger partial charge >= 0.3 is 0 Å². The van der Waals surface area contributed by atoms with Gasteiger partial charge in [-0.15, -0.1) is 0 Å². The Balaban J connectivity index is 2.03. The Hall–Kier alpha value is -2.07. The van der Waals surface area contributed by atoms with Gasteiger partial charge in [-0.05, 0) is 29.8 Å². The average molecular weight is 280 g/mol. The normalized spacial score (nSPS) is 10.2. The highest BCUT2D eigenvalue weighted by Crippen LogP contribution is 2.18. The Morgan fingerprint density at radius 1 is 1.21 bits per heavy atom. The van der Waals surface area contributed by atoms with E-state index in [2.05, 4.69) is 5.32 Å². The number of benzene rings is 2. The molecule has 0 saturated carbocycles. The van der Waals surface area contributed by atoms with Crippen LogP contribution in [0.4, 0.5) is 4.39 Å². The van der Waals surface area contributed by atoms with Gasteiger partial charge in [0.05, 0.1) is 5.56 Å². The van der Waals surface area contributed by atoms with Crippen LogP contribution in [0.15, 0.2) is 42.5 Å². The van der Waals surface area contributed by atoms with Crippen LogP contribution in [0.2, 0.25) is 5.02 Å². The van der Waals surface area contributed by atoms with Gasteiger partial charge in [-0.3, -0.25) is 4.79 Å². The third-order valence-electron chi connectivity index (χ3n) is 2.57. The molecule has 0 fully saturated rings. The lowest BCUT2D eigenvalue weighted by molar-refractivity contribution is 0.0948. The van der Waals surface area contributed by atoms with Crippen molar-refractivity contribution in [2.75, 3.05) is 0 Å². The maximum atomic E-state index is 12.8. The molecule has 1 amide bonds. The van der Waals surface area contributed by atoms with Crippen molar-refractivity contribution in [2.45, 2.75) is 6.54 Å². The average Bonchev–Trinajstić information content (AvgIpc) is 2.37. The molecule has 2 aromatic rings. The third kappa shape index (κ3) is 3.45. The minimum atomic E-state index is -0.591. The topological polar surface area (TPSA) is 49.3 Å². The number of aromatic hydroxyl groups is 1. The summed E-state index contributed by atoms with van der Waals surface area (Å²) in [5, 5.41) is 12.7. The van der Waals surface area contributed by atoms with E-state index >= 15 is 0 Å². The van der Waals surface area contributed by atoms with Gasteiger partial charge in [0, 0.05) is 17.6 Å². The molecule has 19 heavy (non-hydrogen) atoms. The molecule has 0 aliphatic carbocycles. The fourth-order valence-corrected chi connectivity index (χ4v) is 1.70. The van der Waals surface area contributed by atoms with Crippen LogP contribution in [-0.4, -0.2) is 11.0 Å². The van der Waals surface area contributed by atoms with E-state index in [1.165, 1.54) is 6.07 Å². The van der Waals surface area contributed by atoms with E-state index in [-0.39, 0.29) is 11.3 Å². The van der Waals surface area contributed by atoms with Crippen molar-refractivity contribution < 1.29 is 14.3 Å². The fourth-order valence-electron chi connectivity index (χ4n) is 1.58. The SMILES string of the molecule is O=C(NCc1ccc(Cl)cc1)c1ccc(F)cc1O. The van der Waals surface area contributed by atoms with Crippen molar-refractivity contribution in [3.8, 4) is 5.75 Å². The largest absolute Gasteiger partial charge is 0.507 e. The second-order valence-corrected chi connectivity index (χ2v) is 4.41. The summed E-state index contributed by atoms with van der Waals surface area (Å²) in [7, 11) is 0. The molecule has 0 aromatic heterocycles. The summed E-state index contributed by atoms with van der Waals surface area (Å²) in [4.78, 5) is 11.8. The minimum Gasteiger partial charge on any atom is -0.507 e. The standard InChI is InChI=1S/C14H11ClFNO2/c15-10-3-1-9(2-4-10)8-17-14(19)12-6-5-11(16)7-13(12)18/h1-7,18H,8H2,(H,17,19). The number of phenolic OH excluding ortho intramolecular Hbond substituents is 1. The molecule has 2 aromatic carbocycles. The van der Waals surface area contributed by atoms with E-state index in [1.54, 1.807) is 24.3 Å². The smallest absolute Gasteiger partial charge is 0.255 e. The number of carbonyl (C=O) groups excluding carboxylic acids is 1. The first-order valence-corrected chi connectivity index (χ1v) is 5.95. The molecule has 98 valence electrons. The highest BCUT2D eigenvalue weighted by molar-refractivity contribution is 6.30. The van der Waals surface area contributed by atoms with Gasteiger partial charge in [0.15, 0.2) is 0 Å². The van der Waals surface area contributed by atoms with Crippen molar-refractivity contribution in [1.82, 2.24) is 5.32 Å². The molecule has 0 unspecified atom stereocenters. The summed E-state index contributed by atoms with van der Waals surface area (Å²) >= 11 is 5.75. The zero-order valence-electron chi connectivity index (χ0n) is 9.86. The van der Waals surface area contributed by atoms with Crippen LogP contribution in [0.1, 0.15) is 15.9 Å². The number of amides is 1. The van der Waals surface area contributed by atoms with Gasteiger partial charge in [-0.25, -0.2) is 4.39 Å². The van der Waals surface area contributed by atoms with Crippen LogP contribution in [0.25, 0.3) is 0 Å². The number of nitrogens with one attached hydrogen (secondary N) is 1. The number of hydrogen-bond donors (Lipinski definition) is 2. The maximum absolute atomic E-state index is 12.8. The van der Waals surface area contributed by atoms with Crippen molar-refractivity contribution in [3.63, 3.8) is 0 Å². The highest BCUT2D eigenvalue weighted by atomic mass is 35.5. The first-order valence-electron chi connectivity index (χ1n) is 5.57. The zero-order chi connectivity index (χ0) is 13.8. The fraction of sp³-hybridized carbons (Fsp3) is 0.0714. The van der Waals surface area contributed by atoms with Gasteiger partial charge in [-0.1, -0.05) is 23.7 Å². The maximum Gasteiger partial charge on any atom is 0.255 e. The Kier molecular flexibility index (Phi) is 4.02. The van der Waals surface area contributed by atoms with E-state index in [0.29, 0.717) is 11.6 Å². The number of halogens is 2. The molecule has 0 aliphatic heterocycles. The quantitative estimate of drug-likeness (QED) is 0.907. The summed E-state index contributed by atoms with van der Waals surface area (Å²) in [6.45, 7) is 0.298. The monoisotopic (exact) mass is 279 g/mol. The molecule has 2 N–H and O–H groups in total. The molecule has 0 bridgehead atoms. The molecular formula is C14H11ClFNO2. The summed E-state index contributed by atoms with van der Waals surface area (Å²) in [5.41, 5.74) is 0.912. The second-order valence-electron chi connectivity index (χ2n) is 3.97. The molecular weight excluding hydrogens is 269 g/mol. The zero-order valence-corrected chi connectivity index (χ0v) is 10.6. The van der Waals surface area contributed by atoms with Crippen LogP contribution in [0, 0.1) is 5.82 Å². The molecule has 3 nitrogen and oxygen atoms in total. The first kappa shape index (κ1) is 13.4. The Morgan fingerprint density at radius 2 is 1.89 bits per heavy atom. The van der Waals surface area contributed by atoms with E-state index in [0.717, 1.165) is 17.7 Å². The molecule has 0 saturated heterocycles. The Bertz CT molecular complexity index is 599. The van der Waals surface area contributed by atoms with Crippen molar-refractivity contribution in [1.29, 1.82) is 0 Å². The van der Waals surface area contributed by atoms with Crippen LogP contribution >= 0.6 is 11.6 Å². The lowest BCUT2D eigenvalue weighted by Crippen LogP contribution is -2.22. The van der Waals surface area contributed by atoms with Gasteiger partial charge < -0.3 is 10.4 Å². The molecule has 0 heterocycles. The predicted octanol–water partition coefficient (Wildman–Crippen LogP) is 3.11. The lowest BCUT2D eigenvalue weighted by atomic mass is 10.1. The van der Waals surface area contributed by atoms with Crippen LogP contribution in [0.5, 0.6) is 5.75 Å². The molecule has 0 spiro atoms. The van der Waals surface area contributed by atoms with Crippen molar-refractivity contribution in [3.05, 3.63) is 64.4 Å². The summed E-state index contributed by atoms with van der Waals surface area (Å²) in [6.07, 6.45) is 0. The van der Waals surface area contributed by atoms with Gasteiger partial charge in [-0.2, -0.15) is 0 Å². The molecule has 5 heteroatoms. The molecule has 0 aliphatic rings. The van der Waals surface area contributed by atoms with Gasteiger partial charge in [0.2, 0.25) is 0 Å². The number of phenols is 1. The minimum absolute atomic E-state index is 0.0374. The van der Waals surface area contributed by atoms with Crippen LogP contribution < -0.4 is 5.32 Å². The van der Waals surface area contributed by atoms with E-state index in [4.69, 9.17) is 11.6 Å². The lowest BCUT2D eigenvalue weighted by Gasteiger charge is -2.07. The Labute approximate surface area is 114 Å². The third-order valence-corrected chi connectivity index (χ3v) is 2.82. The highest BCUT2D eigenvalue weighted by Gasteiger charge is 2.11.